The van der Waals surface area contributed by atoms with E-state index < -0.39 is 5.97 Å². The summed E-state index contributed by atoms with van der Waals surface area (Å²) in [5.74, 6) is -0.632. The molecule has 0 aliphatic carbocycles. The fourth-order valence-corrected chi connectivity index (χ4v) is 4.72. The molecule has 1 aliphatic heterocycles. The lowest BCUT2D eigenvalue weighted by atomic mass is 10.1. The average Bonchev–Trinajstić information content (AvgIpc) is 3.43. The number of amides is 2. The quantitative estimate of drug-likeness (QED) is 0.479. The molecule has 1 aromatic heterocycles. The number of aryl methyl sites for hydroxylation is 1. The highest BCUT2D eigenvalue weighted by Crippen LogP contribution is 2.30. The number of carbonyl (C=O) groups excluding carboxylic acids is 3. The SMILES string of the molecule is CCOC(=O)c1sc(N(Cc2ccccc2)C(=O)c2cccc(N3CCCC3=O)c2)nc1C. The van der Waals surface area contributed by atoms with Gasteiger partial charge in [-0.2, -0.15) is 0 Å². The molecular formula is C25H25N3O4S. The third-order valence-electron chi connectivity index (χ3n) is 5.38. The first-order chi connectivity index (χ1) is 16.0. The second-order valence-corrected chi connectivity index (χ2v) is 8.69. The maximum absolute atomic E-state index is 13.7. The van der Waals surface area contributed by atoms with Gasteiger partial charge in [-0.25, -0.2) is 9.78 Å². The van der Waals surface area contributed by atoms with Crippen molar-refractivity contribution in [3.63, 3.8) is 0 Å². The summed E-state index contributed by atoms with van der Waals surface area (Å²) in [5, 5.41) is 0.423. The molecule has 4 rings (SSSR count). The minimum Gasteiger partial charge on any atom is -0.462 e. The van der Waals surface area contributed by atoms with Crippen LogP contribution < -0.4 is 9.80 Å². The molecule has 1 fully saturated rings. The molecule has 0 atom stereocenters. The molecule has 0 bridgehead atoms. The van der Waals surface area contributed by atoms with Crippen molar-refractivity contribution in [2.45, 2.75) is 33.2 Å². The molecule has 0 radical (unpaired) electrons. The molecule has 2 amide bonds. The first-order valence-corrected chi connectivity index (χ1v) is 11.7. The van der Waals surface area contributed by atoms with E-state index in [1.807, 2.05) is 36.4 Å². The summed E-state index contributed by atoms with van der Waals surface area (Å²) < 4.78 is 5.14. The van der Waals surface area contributed by atoms with Crippen LogP contribution >= 0.6 is 11.3 Å². The Labute approximate surface area is 196 Å². The predicted octanol–water partition coefficient (Wildman–Crippen LogP) is 4.60. The number of rotatable bonds is 7. The molecule has 170 valence electrons. The standard InChI is InChI=1S/C25H25N3O4S/c1-3-32-24(31)22-17(2)26-25(33-22)28(16-18-9-5-4-6-10-18)23(30)19-11-7-12-20(15-19)27-14-8-13-21(27)29/h4-7,9-12,15H,3,8,13-14,16H2,1-2H3. The number of esters is 1. The van der Waals surface area contributed by atoms with Crippen LogP contribution in [0.5, 0.6) is 0 Å². The normalized spacial score (nSPS) is 13.3. The first-order valence-electron chi connectivity index (χ1n) is 10.9. The number of hydrogen-bond donors (Lipinski definition) is 0. The van der Waals surface area contributed by atoms with Crippen LogP contribution in [0.3, 0.4) is 0 Å². The van der Waals surface area contributed by atoms with E-state index in [4.69, 9.17) is 4.74 Å². The van der Waals surface area contributed by atoms with E-state index in [-0.39, 0.29) is 18.4 Å². The number of aromatic nitrogens is 1. The van der Waals surface area contributed by atoms with Crippen molar-refractivity contribution < 1.29 is 19.1 Å². The molecule has 1 saturated heterocycles. The van der Waals surface area contributed by atoms with Gasteiger partial charge in [0.1, 0.15) is 4.88 Å². The molecule has 3 aromatic rings. The van der Waals surface area contributed by atoms with E-state index in [9.17, 15) is 14.4 Å². The van der Waals surface area contributed by atoms with Crippen LogP contribution in [-0.4, -0.2) is 35.9 Å². The fourth-order valence-electron chi connectivity index (χ4n) is 3.76. The second kappa shape index (κ2) is 9.95. The zero-order chi connectivity index (χ0) is 23.4. The summed E-state index contributed by atoms with van der Waals surface area (Å²) in [6.07, 6.45) is 1.33. The second-order valence-electron chi connectivity index (χ2n) is 7.71. The highest BCUT2D eigenvalue weighted by atomic mass is 32.1. The third kappa shape index (κ3) is 4.96. The van der Waals surface area contributed by atoms with E-state index >= 15 is 0 Å². The predicted molar refractivity (Wildman–Crippen MR) is 128 cm³/mol. The Hall–Kier alpha value is -3.52. The molecule has 8 heteroatoms. The fraction of sp³-hybridized carbons (Fsp3) is 0.280. The zero-order valence-corrected chi connectivity index (χ0v) is 19.4. The lowest BCUT2D eigenvalue weighted by Gasteiger charge is -2.22. The summed E-state index contributed by atoms with van der Waals surface area (Å²) in [6.45, 7) is 4.69. The highest BCUT2D eigenvalue weighted by Gasteiger charge is 2.27. The van der Waals surface area contributed by atoms with Crippen molar-refractivity contribution in [3.8, 4) is 0 Å². The van der Waals surface area contributed by atoms with Gasteiger partial charge < -0.3 is 9.64 Å². The van der Waals surface area contributed by atoms with Gasteiger partial charge in [-0.1, -0.05) is 47.7 Å². The van der Waals surface area contributed by atoms with E-state index in [2.05, 4.69) is 4.98 Å². The van der Waals surface area contributed by atoms with Crippen molar-refractivity contribution in [3.05, 3.63) is 76.3 Å². The Morgan fingerprint density at radius 1 is 1.15 bits per heavy atom. The van der Waals surface area contributed by atoms with Gasteiger partial charge in [0.2, 0.25) is 5.91 Å². The van der Waals surface area contributed by atoms with Gasteiger partial charge >= 0.3 is 5.97 Å². The van der Waals surface area contributed by atoms with E-state index in [0.29, 0.717) is 46.5 Å². The number of benzene rings is 2. The Morgan fingerprint density at radius 3 is 2.64 bits per heavy atom. The summed E-state index contributed by atoms with van der Waals surface area (Å²) in [5.41, 5.74) is 2.62. The Morgan fingerprint density at radius 2 is 1.94 bits per heavy atom. The summed E-state index contributed by atoms with van der Waals surface area (Å²) in [4.78, 5) is 46.4. The Balaban J connectivity index is 1.70. The smallest absolute Gasteiger partial charge is 0.350 e. The van der Waals surface area contributed by atoms with Crippen LogP contribution in [0.1, 0.15) is 51.1 Å². The van der Waals surface area contributed by atoms with Gasteiger partial charge in [0.15, 0.2) is 5.13 Å². The Kier molecular flexibility index (Phi) is 6.84. The molecule has 0 unspecified atom stereocenters. The van der Waals surface area contributed by atoms with Crippen LogP contribution in [0.4, 0.5) is 10.8 Å². The van der Waals surface area contributed by atoms with Gasteiger partial charge in [0.05, 0.1) is 18.8 Å². The maximum Gasteiger partial charge on any atom is 0.350 e. The molecule has 2 aromatic carbocycles. The van der Waals surface area contributed by atoms with Gasteiger partial charge in [0.25, 0.3) is 5.91 Å². The maximum atomic E-state index is 13.7. The minimum atomic E-state index is -0.444. The van der Waals surface area contributed by atoms with Crippen molar-refractivity contribution in [2.24, 2.45) is 0 Å². The molecule has 0 spiro atoms. The van der Waals surface area contributed by atoms with Gasteiger partial charge in [-0.3, -0.25) is 14.5 Å². The zero-order valence-electron chi connectivity index (χ0n) is 18.6. The third-order valence-corrected chi connectivity index (χ3v) is 6.54. The van der Waals surface area contributed by atoms with Crippen LogP contribution in [0.15, 0.2) is 54.6 Å². The van der Waals surface area contributed by atoms with E-state index in [1.54, 1.807) is 41.8 Å². The van der Waals surface area contributed by atoms with Crippen molar-refractivity contribution in [1.29, 1.82) is 0 Å². The number of ether oxygens (including phenoxy) is 1. The number of hydrogen-bond acceptors (Lipinski definition) is 6. The molecule has 7 nitrogen and oxygen atoms in total. The Bertz CT molecular complexity index is 1180. The van der Waals surface area contributed by atoms with Gasteiger partial charge in [0, 0.05) is 24.2 Å². The summed E-state index contributed by atoms with van der Waals surface area (Å²) >= 11 is 1.14. The monoisotopic (exact) mass is 463 g/mol. The van der Waals surface area contributed by atoms with Crippen LogP contribution in [0.2, 0.25) is 0 Å². The number of nitrogens with zero attached hydrogens (tertiary/aromatic N) is 3. The van der Waals surface area contributed by atoms with Crippen molar-refractivity contribution >= 4 is 39.9 Å². The lowest BCUT2D eigenvalue weighted by molar-refractivity contribution is -0.117. The lowest BCUT2D eigenvalue weighted by Crippen LogP contribution is -2.31. The first kappa shape index (κ1) is 22.7. The molecule has 0 N–H and O–H groups in total. The van der Waals surface area contributed by atoms with Crippen LogP contribution in [0.25, 0.3) is 0 Å². The van der Waals surface area contributed by atoms with Crippen LogP contribution in [0, 0.1) is 6.92 Å². The van der Waals surface area contributed by atoms with E-state index in [1.165, 1.54) is 0 Å². The number of thiazole rings is 1. The molecule has 2 heterocycles. The van der Waals surface area contributed by atoms with Crippen molar-refractivity contribution in [2.75, 3.05) is 23.0 Å². The highest BCUT2D eigenvalue weighted by molar-refractivity contribution is 7.17. The molecular weight excluding hydrogens is 438 g/mol. The van der Waals surface area contributed by atoms with E-state index in [0.717, 1.165) is 23.3 Å². The van der Waals surface area contributed by atoms with Crippen LogP contribution in [-0.2, 0) is 16.1 Å². The molecule has 0 saturated carbocycles. The average molecular weight is 464 g/mol. The number of carbonyl (C=O) groups is 3. The van der Waals surface area contributed by atoms with Gasteiger partial charge in [-0.05, 0) is 44.0 Å². The minimum absolute atomic E-state index is 0.0652. The molecule has 33 heavy (non-hydrogen) atoms. The summed E-state index contributed by atoms with van der Waals surface area (Å²) in [6, 6.07) is 16.7. The number of anilines is 2. The van der Waals surface area contributed by atoms with Crippen molar-refractivity contribution in [1.82, 2.24) is 4.98 Å². The summed E-state index contributed by atoms with van der Waals surface area (Å²) in [7, 11) is 0. The topological polar surface area (TPSA) is 79.8 Å². The molecule has 1 aliphatic rings. The van der Waals surface area contributed by atoms with Gasteiger partial charge in [-0.15, -0.1) is 0 Å². The largest absolute Gasteiger partial charge is 0.462 e.